The molecule has 0 heterocycles. The molecule has 0 spiro atoms. The van der Waals surface area contributed by atoms with Crippen molar-refractivity contribution in [2.45, 2.75) is 96.3 Å². The van der Waals surface area contributed by atoms with Crippen LogP contribution in [0.1, 0.15) is 96.3 Å². The van der Waals surface area contributed by atoms with Crippen molar-refractivity contribution in [2.75, 3.05) is 0 Å². The normalized spacial score (nSPS) is 22.6. The van der Waals surface area contributed by atoms with Crippen LogP contribution in [0, 0.1) is 17.8 Å². The summed E-state index contributed by atoms with van der Waals surface area (Å²) in [6.07, 6.45) is 15.8. The van der Waals surface area contributed by atoms with Crippen LogP contribution in [0.5, 0.6) is 0 Å². The summed E-state index contributed by atoms with van der Waals surface area (Å²) in [6, 6.07) is 0. The minimum absolute atomic E-state index is 0.0458. The Kier molecular flexibility index (Phi) is 9.01. The van der Waals surface area contributed by atoms with Crippen LogP contribution >= 0.6 is 0 Å². The number of nitrogens with one attached hydrogen (secondary N) is 3. The summed E-state index contributed by atoms with van der Waals surface area (Å²) in [5, 5.41) is 0. The first-order valence-corrected chi connectivity index (χ1v) is 16.6. The van der Waals surface area contributed by atoms with Gasteiger partial charge in [-0.15, -0.1) is 0 Å². The molecule has 6 nitrogen and oxygen atoms in total. The molecule has 3 amide bonds. The number of rotatable bonds is 6. The van der Waals surface area contributed by atoms with Gasteiger partial charge < -0.3 is 0 Å². The molecule has 7 heteroatoms. The first kappa shape index (κ1) is 22.0. The molecule has 0 unspecified atom stereocenters. The maximum atomic E-state index is 12.8. The Balaban J connectivity index is 1.59. The van der Waals surface area contributed by atoms with Crippen molar-refractivity contribution in [2.24, 2.45) is 17.8 Å². The van der Waals surface area contributed by atoms with E-state index in [1.165, 1.54) is 19.3 Å². The fourth-order valence-corrected chi connectivity index (χ4v) is 10.1. The van der Waals surface area contributed by atoms with Crippen LogP contribution in [0.4, 0.5) is 0 Å². The molecule has 3 rings (SSSR count). The molecule has 0 aromatic carbocycles. The van der Waals surface area contributed by atoms with Crippen molar-refractivity contribution in [3.63, 3.8) is 0 Å². The van der Waals surface area contributed by atoms with Gasteiger partial charge in [0, 0.05) is 0 Å². The second-order valence-corrected chi connectivity index (χ2v) is 14.0. The molecule has 0 saturated heterocycles. The van der Waals surface area contributed by atoms with Crippen molar-refractivity contribution in [1.82, 2.24) is 9.78 Å². The molecule has 0 radical (unpaired) electrons. The Hall–Kier alpha value is -0.707. The number of amides is 3. The van der Waals surface area contributed by atoms with Gasteiger partial charge in [-0.05, 0) is 0 Å². The third-order valence-corrected chi connectivity index (χ3v) is 11.8. The standard InChI is InChI=1S/3C7H13NO.Bi/c3*8-7(9)6-4-2-1-3-5-6;/h3*6H,1-5H2,(H2,8,9);/q;;;+3/p-3. The van der Waals surface area contributed by atoms with E-state index in [2.05, 4.69) is 9.78 Å². The van der Waals surface area contributed by atoms with E-state index in [1.54, 1.807) is 0 Å². The minimum atomic E-state index is -3.18. The fraction of sp³-hybridized carbons (Fsp3) is 0.857. The first-order valence-electron chi connectivity index (χ1n) is 11.3. The molecule has 3 N–H and O–H groups in total. The van der Waals surface area contributed by atoms with Gasteiger partial charge >= 0.3 is 179 Å². The predicted molar refractivity (Wildman–Crippen MR) is 110 cm³/mol. The van der Waals surface area contributed by atoms with Crippen molar-refractivity contribution in [3.8, 4) is 0 Å². The van der Waals surface area contributed by atoms with E-state index in [9.17, 15) is 14.4 Å². The summed E-state index contributed by atoms with van der Waals surface area (Å²) < 4.78 is 9.38. The van der Waals surface area contributed by atoms with Gasteiger partial charge in [-0.25, -0.2) is 0 Å². The second kappa shape index (κ2) is 11.5. The van der Waals surface area contributed by atoms with Crippen LogP contribution in [-0.4, -0.2) is 40.3 Å². The Bertz CT molecular complexity index is 463. The van der Waals surface area contributed by atoms with Crippen molar-refractivity contribution in [3.05, 3.63) is 0 Å². The zero-order valence-electron chi connectivity index (χ0n) is 17.0. The zero-order valence-corrected chi connectivity index (χ0v) is 20.5. The summed E-state index contributed by atoms with van der Waals surface area (Å²) in [6.45, 7) is 0. The summed E-state index contributed by atoms with van der Waals surface area (Å²) in [5.74, 6) is 0.277. The Morgan fingerprint density at radius 3 is 0.964 bits per heavy atom. The predicted octanol–water partition coefficient (Wildman–Crippen LogP) is 3.06. The van der Waals surface area contributed by atoms with Crippen molar-refractivity contribution >= 4 is 40.3 Å². The van der Waals surface area contributed by atoms with Gasteiger partial charge in [-0.3, -0.25) is 0 Å². The average Bonchev–Trinajstić information content (AvgIpc) is 2.75. The molecule has 3 saturated carbocycles. The molecule has 0 atom stereocenters. The molecular formula is C21H36BiN3O3. The van der Waals surface area contributed by atoms with E-state index in [-0.39, 0.29) is 35.5 Å². The summed E-state index contributed by atoms with van der Waals surface area (Å²) >= 11 is -3.18. The van der Waals surface area contributed by atoms with Crippen molar-refractivity contribution < 1.29 is 14.4 Å². The SMILES string of the molecule is O=C([NH][Bi]([NH]C(=O)C1CCCCC1)[NH]C(=O)C1CCCCC1)C1CCCCC1. The molecule has 0 aromatic rings. The molecule has 0 bridgehead atoms. The van der Waals surface area contributed by atoms with Crippen LogP contribution in [-0.2, 0) is 14.4 Å². The molecule has 3 aliphatic carbocycles. The second-order valence-electron chi connectivity index (χ2n) is 8.77. The Morgan fingerprint density at radius 1 is 0.464 bits per heavy atom. The van der Waals surface area contributed by atoms with Gasteiger partial charge in [0.05, 0.1) is 0 Å². The van der Waals surface area contributed by atoms with Crippen LogP contribution in [0.25, 0.3) is 0 Å². The molecule has 3 fully saturated rings. The van der Waals surface area contributed by atoms with Gasteiger partial charge in [0.15, 0.2) is 0 Å². The fourth-order valence-electron chi connectivity index (χ4n) is 4.78. The molecular weight excluding hydrogens is 551 g/mol. The van der Waals surface area contributed by atoms with Crippen molar-refractivity contribution in [1.29, 1.82) is 0 Å². The van der Waals surface area contributed by atoms with Gasteiger partial charge in [0.1, 0.15) is 0 Å². The first-order chi connectivity index (χ1) is 13.6. The summed E-state index contributed by atoms with van der Waals surface area (Å²) in [4.78, 5) is 38.3. The van der Waals surface area contributed by atoms with E-state index < -0.39 is 22.6 Å². The maximum absolute atomic E-state index is 12.8. The van der Waals surface area contributed by atoms with Gasteiger partial charge in [-0.1, -0.05) is 0 Å². The Labute approximate surface area is 178 Å². The van der Waals surface area contributed by atoms with Crippen LogP contribution in [0.2, 0.25) is 0 Å². The van der Waals surface area contributed by atoms with Crippen LogP contribution in [0.3, 0.4) is 0 Å². The zero-order chi connectivity index (χ0) is 19.8. The molecule has 0 aliphatic heterocycles. The monoisotopic (exact) mass is 587 g/mol. The van der Waals surface area contributed by atoms with E-state index in [0.29, 0.717) is 0 Å². The van der Waals surface area contributed by atoms with E-state index in [1.807, 2.05) is 0 Å². The van der Waals surface area contributed by atoms with Gasteiger partial charge in [0.2, 0.25) is 0 Å². The quantitative estimate of drug-likeness (QED) is 0.418. The summed E-state index contributed by atoms with van der Waals surface area (Å²) in [7, 11) is 0. The third-order valence-electron chi connectivity index (χ3n) is 6.59. The van der Waals surface area contributed by atoms with E-state index >= 15 is 0 Å². The van der Waals surface area contributed by atoms with Crippen LogP contribution in [0.15, 0.2) is 0 Å². The number of carbonyl (C=O) groups is 3. The molecule has 0 aromatic heterocycles. The van der Waals surface area contributed by atoms with E-state index in [0.717, 1.165) is 77.0 Å². The molecule has 28 heavy (non-hydrogen) atoms. The van der Waals surface area contributed by atoms with E-state index in [4.69, 9.17) is 0 Å². The number of hydrogen-bond donors (Lipinski definition) is 3. The Morgan fingerprint density at radius 2 is 0.714 bits per heavy atom. The third kappa shape index (κ3) is 6.67. The molecule has 158 valence electrons. The number of hydrogen-bond acceptors (Lipinski definition) is 3. The summed E-state index contributed by atoms with van der Waals surface area (Å²) in [5.41, 5.74) is 0. The average molecular weight is 588 g/mol. The topological polar surface area (TPSA) is 87.3 Å². The molecule has 3 aliphatic rings. The number of carbonyl (C=O) groups excluding carboxylic acids is 3. The van der Waals surface area contributed by atoms with Gasteiger partial charge in [0.25, 0.3) is 0 Å². The van der Waals surface area contributed by atoms with Crippen LogP contribution < -0.4 is 9.78 Å². The van der Waals surface area contributed by atoms with Gasteiger partial charge in [-0.2, -0.15) is 0 Å².